The van der Waals surface area contributed by atoms with Crippen molar-refractivity contribution < 1.29 is 0 Å². The van der Waals surface area contributed by atoms with Crippen LogP contribution in [0.25, 0.3) is 0 Å². The molecule has 2 fully saturated rings. The number of hydrogen-bond donors (Lipinski definition) is 1. The number of hydrogen-bond acceptors (Lipinski definition) is 3. The maximum Gasteiger partial charge on any atom is 0.0112 e. The molecule has 0 radical (unpaired) electrons. The van der Waals surface area contributed by atoms with Crippen molar-refractivity contribution in [3.8, 4) is 0 Å². The molecule has 2 saturated heterocycles. The standard InChI is InChI=1S/C12H25N3/c1-11-9-12(2)15(10-11)8-7-14-5-3-13-4-6-14/h11-13H,3-10H2,1-2H3. The first-order valence-corrected chi connectivity index (χ1v) is 6.43. The molecule has 88 valence electrons. The maximum atomic E-state index is 3.40. The Balaban J connectivity index is 1.68. The highest BCUT2D eigenvalue weighted by molar-refractivity contribution is 4.81. The van der Waals surface area contributed by atoms with Crippen molar-refractivity contribution >= 4 is 0 Å². The monoisotopic (exact) mass is 211 g/mol. The van der Waals surface area contributed by atoms with Gasteiger partial charge in [0.15, 0.2) is 0 Å². The molecule has 0 spiro atoms. The Labute approximate surface area is 93.8 Å². The molecule has 0 bridgehead atoms. The molecule has 3 nitrogen and oxygen atoms in total. The summed E-state index contributed by atoms with van der Waals surface area (Å²) < 4.78 is 0. The highest BCUT2D eigenvalue weighted by Gasteiger charge is 2.25. The van der Waals surface area contributed by atoms with Gasteiger partial charge in [0.2, 0.25) is 0 Å². The van der Waals surface area contributed by atoms with Gasteiger partial charge in [0.05, 0.1) is 0 Å². The molecule has 0 amide bonds. The van der Waals surface area contributed by atoms with Gasteiger partial charge in [-0.25, -0.2) is 0 Å². The molecule has 0 aromatic heterocycles. The molecular formula is C12H25N3. The summed E-state index contributed by atoms with van der Waals surface area (Å²) in [7, 11) is 0. The Bertz CT molecular complexity index is 189. The van der Waals surface area contributed by atoms with Gasteiger partial charge in [-0.1, -0.05) is 6.92 Å². The average molecular weight is 211 g/mol. The predicted molar refractivity (Wildman–Crippen MR) is 64.1 cm³/mol. The van der Waals surface area contributed by atoms with Gasteiger partial charge in [-0.05, 0) is 19.3 Å². The van der Waals surface area contributed by atoms with Gasteiger partial charge >= 0.3 is 0 Å². The lowest BCUT2D eigenvalue weighted by molar-refractivity contribution is 0.184. The molecule has 3 heteroatoms. The van der Waals surface area contributed by atoms with Crippen molar-refractivity contribution in [3.63, 3.8) is 0 Å². The molecule has 0 saturated carbocycles. The van der Waals surface area contributed by atoms with Crippen LogP contribution in [-0.4, -0.2) is 61.7 Å². The van der Waals surface area contributed by atoms with E-state index < -0.39 is 0 Å². The Morgan fingerprint density at radius 3 is 2.47 bits per heavy atom. The van der Waals surface area contributed by atoms with E-state index >= 15 is 0 Å². The van der Waals surface area contributed by atoms with E-state index in [9.17, 15) is 0 Å². The van der Waals surface area contributed by atoms with E-state index in [1.165, 1.54) is 52.2 Å². The van der Waals surface area contributed by atoms with Gasteiger partial charge in [-0.2, -0.15) is 0 Å². The van der Waals surface area contributed by atoms with E-state index in [0.29, 0.717) is 0 Å². The van der Waals surface area contributed by atoms with Crippen molar-refractivity contribution in [3.05, 3.63) is 0 Å². The van der Waals surface area contributed by atoms with Gasteiger partial charge < -0.3 is 5.32 Å². The van der Waals surface area contributed by atoms with Crippen LogP contribution in [0.5, 0.6) is 0 Å². The summed E-state index contributed by atoms with van der Waals surface area (Å²) in [6.07, 6.45) is 1.39. The summed E-state index contributed by atoms with van der Waals surface area (Å²) in [6.45, 7) is 13.4. The minimum absolute atomic E-state index is 0.808. The van der Waals surface area contributed by atoms with Crippen molar-refractivity contribution in [1.29, 1.82) is 0 Å². The molecule has 1 N–H and O–H groups in total. The number of piperazine rings is 1. The molecule has 2 aliphatic heterocycles. The van der Waals surface area contributed by atoms with Gasteiger partial charge in [-0.3, -0.25) is 9.80 Å². The second-order valence-electron chi connectivity index (χ2n) is 5.28. The number of likely N-dealkylation sites (tertiary alicyclic amines) is 1. The van der Waals surface area contributed by atoms with E-state index in [0.717, 1.165) is 12.0 Å². The van der Waals surface area contributed by atoms with Crippen LogP contribution in [0.4, 0.5) is 0 Å². The summed E-state index contributed by atoms with van der Waals surface area (Å²) >= 11 is 0. The molecule has 2 atom stereocenters. The highest BCUT2D eigenvalue weighted by Crippen LogP contribution is 2.21. The lowest BCUT2D eigenvalue weighted by atomic mass is 10.1. The summed E-state index contributed by atoms with van der Waals surface area (Å²) in [5, 5.41) is 3.40. The average Bonchev–Trinajstić information content (AvgIpc) is 2.56. The van der Waals surface area contributed by atoms with E-state index in [1.54, 1.807) is 0 Å². The van der Waals surface area contributed by atoms with Crippen LogP contribution in [0.2, 0.25) is 0 Å². The third-order valence-electron chi connectivity index (χ3n) is 3.83. The van der Waals surface area contributed by atoms with Gasteiger partial charge in [0.1, 0.15) is 0 Å². The zero-order valence-corrected chi connectivity index (χ0v) is 10.2. The minimum atomic E-state index is 0.808. The second kappa shape index (κ2) is 5.28. The number of rotatable bonds is 3. The first-order valence-electron chi connectivity index (χ1n) is 6.43. The van der Waals surface area contributed by atoms with E-state index in [-0.39, 0.29) is 0 Å². The fraction of sp³-hybridized carbons (Fsp3) is 1.00. The Hall–Kier alpha value is -0.120. The number of nitrogens with one attached hydrogen (secondary N) is 1. The molecule has 2 aliphatic rings. The minimum Gasteiger partial charge on any atom is -0.314 e. The van der Waals surface area contributed by atoms with Gasteiger partial charge in [-0.15, -0.1) is 0 Å². The first-order chi connectivity index (χ1) is 7.25. The Morgan fingerprint density at radius 1 is 1.13 bits per heavy atom. The molecule has 15 heavy (non-hydrogen) atoms. The van der Waals surface area contributed by atoms with E-state index in [2.05, 4.69) is 29.0 Å². The van der Waals surface area contributed by atoms with Crippen molar-refractivity contribution in [2.45, 2.75) is 26.3 Å². The first kappa shape index (κ1) is 11.4. The van der Waals surface area contributed by atoms with Gasteiger partial charge in [0.25, 0.3) is 0 Å². The molecule has 2 unspecified atom stereocenters. The van der Waals surface area contributed by atoms with Crippen molar-refractivity contribution in [2.24, 2.45) is 5.92 Å². The van der Waals surface area contributed by atoms with Crippen LogP contribution in [-0.2, 0) is 0 Å². The molecular weight excluding hydrogens is 186 g/mol. The van der Waals surface area contributed by atoms with Crippen LogP contribution in [0, 0.1) is 5.92 Å². The van der Waals surface area contributed by atoms with Gasteiger partial charge in [0, 0.05) is 51.9 Å². The van der Waals surface area contributed by atoms with Crippen LogP contribution in [0.15, 0.2) is 0 Å². The third kappa shape index (κ3) is 3.16. The normalized spacial score (nSPS) is 34.8. The fourth-order valence-electron chi connectivity index (χ4n) is 2.90. The Morgan fingerprint density at radius 2 is 1.87 bits per heavy atom. The largest absolute Gasteiger partial charge is 0.314 e. The van der Waals surface area contributed by atoms with Crippen molar-refractivity contribution in [2.75, 3.05) is 45.8 Å². The third-order valence-corrected chi connectivity index (χ3v) is 3.83. The van der Waals surface area contributed by atoms with Crippen LogP contribution >= 0.6 is 0 Å². The second-order valence-corrected chi connectivity index (χ2v) is 5.28. The van der Waals surface area contributed by atoms with Crippen molar-refractivity contribution in [1.82, 2.24) is 15.1 Å². The van der Waals surface area contributed by atoms with E-state index in [1.807, 2.05) is 0 Å². The lowest BCUT2D eigenvalue weighted by Gasteiger charge is -2.30. The zero-order valence-electron chi connectivity index (χ0n) is 10.2. The fourth-order valence-corrected chi connectivity index (χ4v) is 2.90. The van der Waals surface area contributed by atoms with Crippen LogP contribution in [0.3, 0.4) is 0 Å². The Kier molecular flexibility index (Phi) is 4.00. The predicted octanol–water partition coefficient (Wildman–Crippen LogP) is 0.622. The molecule has 0 aromatic rings. The highest BCUT2D eigenvalue weighted by atomic mass is 15.2. The summed E-state index contributed by atoms with van der Waals surface area (Å²) in [6, 6.07) is 0.808. The topological polar surface area (TPSA) is 18.5 Å². The summed E-state index contributed by atoms with van der Waals surface area (Å²) in [5.41, 5.74) is 0. The molecule has 2 heterocycles. The van der Waals surface area contributed by atoms with E-state index in [4.69, 9.17) is 0 Å². The summed E-state index contributed by atoms with van der Waals surface area (Å²) in [4.78, 5) is 5.25. The SMILES string of the molecule is CC1CC(C)N(CCN2CCNCC2)C1. The number of nitrogens with zero attached hydrogens (tertiary/aromatic N) is 2. The molecule has 0 aliphatic carbocycles. The smallest absolute Gasteiger partial charge is 0.0112 e. The zero-order chi connectivity index (χ0) is 10.7. The maximum absolute atomic E-state index is 3.40. The quantitative estimate of drug-likeness (QED) is 0.738. The van der Waals surface area contributed by atoms with Crippen LogP contribution < -0.4 is 5.32 Å². The summed E-state index contributed by atoms with van der Waals surface area (Å²) in [5.74, 6) is 0.906. The lowest BCUT2D eigenvalue weighted by Crippen LogP contribution is -2.46. The van der Waals surface area contributed by atoms with Crippen LogP contribution in [0.1, 0.15) is 20.3 Å². The molecule has 2 rings (SSSR count). The molecule has 0 aromatic carbocycles.